The van der Waals surface area contributed by atoms with Crippen LogP contribution < -0.4 is 20.1 Å². The quantitative estimate of drug-likeness (QED) is 0.305. The van der Waals surface area contributed by atoms with Gasteiger partial charge in [0, 0.05) is 45.3 Å². The monoisotopic (exact) mass is 540 g/mol. The number of rotatable bonds is 8. The maximum Gasteiger partial charge on any atom is 0.191 e. The van der Waals surface area contributed by atoms with Crippen LogP contribution in [0.3, 0.4) is 0 Å². The first-order valence-corrected chi connectivity index (χ1v) is 10.3. The zero-order valence-electron chi connectivity index (χ0n) is 18.5. The maximum atomic E-state index is 5.51. The van der Waals surface area contributed by atoms with E-state index in [2.05, 4.69) is 44.8 Å². The van der Waals surface area contributed by atoms with Crippen LogP contribution in [-0.2, 0) is 24.4 Å². The number of nitrogens with one attached hydrogen (secondary N) is 2. The molecule has 2 aromatic carbocycles. The molecule has 31 heavy (non-hydrogen) atoms. The Morgan fingerprint density at radius 1 is 0.935 bits per heavy atom. The van der Waals surface area contributed by atoms with Crippen LogP contribution in [0.2, 0.25) is 0 Å². The molecule has 2 N–H and O–H groups in total. The van der Waals surface area contributed by atoms with E-state index in [4.69, 9.17) is 14.2 Å². The third kappa shape index (κ3) is 7.26. The SMILES string of the molecule is CN=C(NCc1ccccc1CN1CCOCC1)NCc1cccc(OC)c1OC.I. The highest BCUT2D eigenvalue weighted by Gasteiger charge is 2.13. The molecule has 0 unspecified atom stereocenters. The first-order chi connectivity index (χ1) is 14.7. The van der Waals surface area contributed by atoms with E-state index in [1.165, 1.54) is 11.1 Å². The molecule has 1 fully saturated rings. The van der Waals surface area contributed by atoms with Gasteiger partial charge in [0.15, 0.2) is 17.5 Å². The molecule has 3 rings (SSSR count). The van der Waals surface area contributed by atoms with Crippen LogP contribution in [0, 0.1) is 0 Å². The summed E-state index contributed by atoms with van der Waals surface area (Å²) in [6.07, 6.45) is 0. The van der Waals surface area contributed by atoms with Gasteiger partial charge in [-0.05, 0) is 17.2 Å². The van der Waals surface area contributed by atoms with Crippen LogP contribution in [0.15, 0.2) is 47.5 Å². The normalized spacial score (nSPS) is 14.5. The average molecular weight is 540 g/mol. The molecule has 0 spiro atoms. The number of aliphatic imine (C=N–C) groups is 1. The van der Waals surface area contributed by atoms with Crippen molar-refractivity contribution in [2.24, 2.45) is 4.99 Å². The molecule has 2 aromatic rings. The van der Waals surface area contributed by atoms with Crippen molar-refractivity contribution < 1.29 is 14.2 Å². The fourth-order valence-electron chi connectivity index (χ4n) is 3.56. The second-order valence-electron chi connectivity index (χ2n) is 7.09. The van der Waals surface area contributed by atoms with Crippen LogP contribution >= 0.6 is 24.0 Å². The molecular weight excluding hydrogens is 507 g/mol. The topological polar surface area (TPSA) is 67.4 Å². The third-order valence-corrected chi connectivity index (χ3v) is 5.22. The largest absolute Gasteiger partial charge is 0.493 e. The summed E-state index contributed by atoms with van der Waals surface area (Å²) < 4.78 is 16.4. The molecule has 0 amide bonds. The molecule has 1 aliphatic heterocycles. The van der Waals surface area contributed by atoms with Gasteiger partial charge >= 0.3 is 0 Å². The third-order valence-electron chi connectivity index (χ3n) is 5.22. The lowest BCUT2D eigenvalue weighted by atomic mass is 10.1. The highest BCUT2D eigenvalue weighted by atomic mass is 127. The van der Waals surface area contributed by atoms with Gasteiger partial charge in [0.25, 0.3) is 0 Å². The number of guanidine groups is 1. The Kier molecular flexibility index (Phi) is 10.9. The summed E-state index contributed by atoms with van der Waals surface area (Å²) in [5.41, 5.74) is 3.61. The minimum absolute atomic E-state index is 0. The summed E-state index contributed by atoms with van der Waals surface area (Å²) in [5, 5.41) is 6.78. The zero-order chi connectivity index (χ0) is 21.2. The lowest BCUT2D eigenvalue weighted by Gasteiger charge is -2.27. The number of para-hydroxylation sites is 1. The van der Waals surface area contributed by atoms with Crippen LogP contribution in [0.4, 0.5) is 0 Å². The Morgan fingerprint density at radius 3 is 2.23 bits per heavy atom. The molecule has 1 saturated heterocycles. The Hall–Kier alpha value is -2.04. The van der Waals surface area contributed by atoms with E-state index in [1.807, 2.05) is 18.2 Å². The van der Waals surface area contributed by atoms with Crippen LogP contribution in [0.5, 0.6) is 11.5 Å². The number of halogens is 1. The molecule has 170 valence electrons. The molecular formula is C23H33IN4O3. The van der Waals surface area contributed by atoms with Crippen molar-refractivity contribution in [1.29, 1.82) is 0 Å². The fraction of sp³-hybridized carbons (Fsp3) is 0.435. The van der Waals surface area contributed by atoms with Crippen molar-refractivity contribution in [2.45, 2.75) is 19.6 Å². The van der Waals surface area contributed by atoms with Gasteiger partial charge in [0.05, 0.1) is 27.4 Å². The molecule has 8 heteroatoms. The Bertz CT molecular complexity index is 841. The van der Waals surface area contributed by atoms with Gasteiger partial charge in [-0.15, -0.1) is 24.0 Å². The van der Waals surface area contributed by atoms with E-state index in [0.717, 1.165) is 55.9 Å². The van der Waals surface area contributed by atoms with Crippen molar-refractivity contribution in [2.75, 3.05) is 47.6 Å². The molecule has 0 radical (unpaired) electrons. The van der Waals surface area contributed by atoms with Gasteiger partial charge in [0.1, 0.15) is 0 Å². The molecule has 0 bridgehead atoms. The number of ether oxygens (including phenoxy) is 3. The summed E-state index contributed by atoms with van der Waals surface area (Å²) in [4.78, 5) is 6.79. The minimum Gasteiger partial charge on any atom is -0.493 e. The second-order valence-corrected chi connectivity index (χ2v) is 7.09. The van der Waals surface area contributed by atoms with Crippen molar-refractivity contribution in [3.8, 4) is 11.5 Å². The van der Waals surface area contributed by atoms with Gasteiger partial charge < -0.3 is 24.8 Å². The van der Waals surface area contributed by atoms with E-state index in [-0.39, 0.29) is 24.0 Å². The molecule has 0 atom stereocenters. The average Bonchev–Trinajstić information content (AvgIpc) is 2.80. The van der Waals surface area contributed by atoms with Gasteiger partial charge in [0.2, 0.25) is 0 Å². The van der Waals surface area contributed by atoms with Gasteiger partial charge in [-0.1, -0.05) is 36.4 Å². The molecule has 1 aliphatic rings. The number of nitrogens with zero attached hydrogens (tertiary/aromatic N) is 2. The van der Waals surface area contributed by atoms with Gasteiger partial charge in [-0.25, -0.2) is 0 Å². The zero-order valence-corrected chi connectivity index (χ0v) is 20.8. The fourth-order valence-corrected chi connectivity index (χ4v) is 3.56. The maximum absolute atomic E-state index is 5.51. The van der Waals surface area contributed by atoms with Crippen molar-refractivity contribution in [1.82, 2.24) is 15.5 Å². The molecule has 1 heterocycles. The van der Waals surface area contributed by atoms with Crippen LogP contribution in [0.1, 0.15) is 16.7 Å². The van der Waals surface area contributed by atoms with Crippen LogP contribution in [-0.4, -0.2) is 58.4 Å². The Balaban J connectivity index is 0.00000341. The number of methoxy groups -OCH3 is 2. The van der Waals surface area contributed by atoms with E-state index >= 15 is 0 Å². The number of benzene rings is 2. The summed E-state index contributed by atoms with van der Waals surface area (Å²) in [7, 11) is 5.07. The highest BCUT2D eigenvalue weighted by molar-refractivity contribution is 14.0. The number of hydrogen-bond donors (Lipinski definition) is 2. The Labute approximate surface area is 202 Å². The summed E-state index contributed by atoms with van der Waals surface area (Å²) in [5.74, 6) is 2.19. The second kappa shape index (κ2) is 13.4. The van der Waals surface area contributed by atoms with Gasteiger partial charge in [-0.3, -0.25) is 9.89 Å². The lowest BCUT2D eigenvalue weighted by molar-refractivity contribution is 0.0341. The standard InChI is InChI=1S/C23H32N4O3.HI/c1-24-23(26-16-19-9-6-10-21(28-2)22(19)29-3)25-15-18-7-4-5-8-20(18)17-27-11-13-30-14-12-27;/h4-10H,11-17H2,1-3H3,(H2,24,25,26);1H. The van der Waals surface area contributed by atoms with E-state index in [0.29, 0.717) is 13.1 Å². The van der Waals surface area contributed by atoms with Crippen LogP contribution in [0.25, 0.3) is 0 Å². The predicted molar refractivity (Wildman–Crippen MR) is 135 cm³/mol. The number of hydrogen-bond acceptors (Lipinski definition) is 5. The first kappa shape index (κ1) is 25.2. The summed E-state index contributed by atoms with van der Waals surface area (Å²) in [6.45, 7) is 5.80. The number of morpholine rings is 1. The molecule has 0 aromatic heterocycles. The van der Waals surface area contributed by atoms with E-state index in [9.17, 15) is 0 Å². The van der Waals surface area contributed by atoms with Crippen molar-refractivity contribution in [3.63, 3.8) is 0 Å². The van der Waals surface area contributed by atoms with E-state index < -0.39 is 0 Å². The summed E-state index contributed by atoms with van der Waals surface area (Å²) in [6, 6.07) is 14.4. The van der Waals surface area contributed by atoms with Gasteiger partial charge in [-0.2, -0.15) is 0 Å². The molecule has 0 aliphatic carbocycles. The molecule has 7 nitrogen and oxygen atoms in total. The molecule has 0 saturated carbocycles. The van der Waals surface area contributed by atoms with Crippen molar-refractivity contribution >= 4 is 29.9 Å². The Morgan fingerprint density at radius 2 is 1.58 bits per heavy atom. The first-order valence-electron chi connectivity index (χ1n) is 10.3. The smallest absolute Gasteiger partial charge is 0.191 e. The highest BCUT2D eigenvalue weighted by Crippen LogP contribution is 2.30. The predicted octanol–water partition coefficient (Wildman–Crippen LogP) is 3.02. The minimum atomic E-state index is 0. The van der Waals surface area contributed by atoms with E-state index in [1.54, 1.807) is 21.3 Å². The van der Waals surface area contributed by atoms with Crippen molar-refractivity contribution in [3.05, 3.63) is 59.2 Å². The summed E-state index contributed by atoms with van der Waals surface area (Å²) >= 11 is 0. The lowest BCUT2D eigenvalue weighted by Crippen LogP contribution is -2.37.